The van der Waals surface area contributed by atoms with E-state index in [-0.39, 0.29) is 30.0 Å². The standard InChI is InChI=1S/C21H25N5O.HI/c1-3-4-11-23-20(22)16-6-5-7-17(14-16)24-21(27)25-18-8-9-19-15(13-18)10-12-26(19)2;/h5-10,12-14H,3-4,11H2,1-2H3,(H2,22,23)(H2,24,25,27);1H. The van der Waals surface area contributed by atoms with Gasteiger partial charge < -0.3 is 20.9 Å². The number of carbonyl (C=O) groups is 1. The van der Waals surface area contributed by atoms with Gasteiger partial charge in [0.2, 0.25) is 0 Å². The molecule has 0 aliphatic heterocycles. The van der Waals surface area contributed by atoms with Crippen LogP contribution in [-0.4, -0.2) is 23.0 Å². The number of hydrogen-bond donors (Lipinski definition) is 3. The Balaban J connectivity index is 0.00000280. The molecule has 0 saturated carbocycles. The van der Waals surface area contributed by atoms with Crippen LogP contribution in [0.25, 0.3) is 10.9 Å². The second-order valence-electron chi connectivity index (χ2n) is 6.48. The smallest absolute Gasteiger partial charge is 0.323 e. The van der Waals surface area contributed by atoms with Gasteiger partial charge in [0.15, 0.2) is 0 Å². The van der Waals surface area contributed by atoms with E-state index in [1.165, 1.54) is 0 Å². The summed E-state index contributed by atoms with van der Waals surface area (Å²) in [5.41, 5.74) is 9.36. The Morgan fingerprint density at radius 2 is 1.86 bits per heavy atom. The second kappa shape index (κ2) is 10.1. The van der Waals surface area contributed by atoms with E-state index in [0.29, 0.717) is 18.1 Å². The largest absolute Gasteiger partial charge is 0.384 e. The van der Waals surface area contributed by atoms with Crippen molar-refractivity contribution in [3.05, 3.63) is 60.3 Å². The number of aryl methyl sites for hydroxylation is 1. The van der Waals surface area contributed by atoms with E-state index >= 15 is 0 Å². The van der Waals surface area contributed by atoms with Crippen LogP contribution in [0.4, 0.5) is 16.2 Å². The molecule has 3 aromatic rings. The molecule has 6 nitrogen and oxygen atoms in total. The van der Waals surface area contributed by atoms with Crippen LogP contribution in [0.3, 0.4) is 0 Å². The van der Waals surface area contributed by atoms with E-state index in [1.807, 2.05) is 66.3 Å². The molecular formula is C21H26IN5O. The molecule has 0 fully saturated rings. The number of nitrogens with one attached hydrogen (secondary N) is 2. The third-order valence-corrected chi connectivity index (χ3v) is 4.35. The van der Waals surface area contributed by atoms with Crippen LogP contribution in [0.5, 0.6) is 0 Å². The van der Waals surface area contributed by atoms with Gasteiger partial charge in [0.25, 0.3) is 0 Å². The summed E-state index contributed by atoms with van der Waals surface area (Å²) in [6.07, 6.45) is 4.08. The van der Waals surface area contributed by atoms with Crippen LogP contribution < -0.4 is 16.4 Å². The van der Waals surface area contributed by atoms with Crippen LogP contribution >= 0.6 is 24.0 Å². The number of benzene rings is 2. The van der Waals surface area contributed by atoms with Gasteiger partial charge >= 0.3 is 6.03 Å². The molecule has 1 aromatic heterocycles. The van der Waals surface area contributed by atoms with Crippen molar-refractivity contribution in [3.63, 3.8) is 0 Å². The zero-order valence-corrected chi connectivity index (χ0v) is 18.4. The lowest BCUT2D eigenvalue weighted by molar-refractivity contribution is 0.262. The van der Waals surface area contributed by atoms with Crippen molar-refractivity contribution in [2.75, 3.05) is 17.2 Å². The molecule has 0 radical (unpaired) electrons. The Morgan fingerprint density at radius 1 is 1.11 bits per heavy atom. The van der Waals surface area contributed by atoms with E-state index in [0.717, 1.165) is 35.0 Å². The Hall–Kier alpha value is -2.55. The van der Waals surface area contributed by atoms with Crippen LogP contribution in [0.2, 0.25) is 0 Å². The fraction of sp³-hybridized carbons (Fsp3) is 0.238. The van der Waals surface area contributed by atoms with Crippen molar-refractivity contribution in [2.45, 2.75) is 19.8 Å². The average Bonchev–Trinajstić information content (AvgIpc) is 3.02. The van der Waals surface area contributed by atoms with E-state index in [1.54, 1.807) is 0 Å². The van der Waals surface area contributed by atoms with Gasteiger partial charge in [-0.1, -0.05) is 25.5 Å². The summed E-state index contributed by atoms with van der Waals surface area (Å²) in [4.78, 5) is 16.7. The lowest BCUT2D eigenvalue weighted by Gasteiger charge is -2.09. The SMILES string of the molecule is CCCCN=C(N)c1cccc(NC(=O)Nc2ccc3c(ccn3C)c2)c1.I. The highest BCUT2D eigenvalue weighted by Gasteiger charge is 2.06. The molecule has 0 bridgehead atoms. The molecule has 0 aliphatic carbocycles. The predicted molar refractivity (Wildman–Crippen MR) is 128 cm³/mol. The number of urea groups is 1. The lowest BCUT2D eigenvalue weighted by atomic mass is 10.2. The molecular weight excluding hydrogens is 465 g/mol. The molecule has 28 heavy (non-hydrogen) atoms. The fourth-order valence-corrected chi connectivity index (χ4v) is 2.86. The van der Waals surface area contributed by atoms with Crippen molar-refractivity contribution in [2.24, 2.45) is 17.8 Å². The highest BCUT2D eigenvalue weighted by molar-refractivity contribution is 14.0. The number of nitrogens with zero attached hydrogens (tertiary/aromatic N) is 2. The first kappa shape index (κ1) is 21.7. The van der Waals surface area contributed by atoms with Gasteiger partial charge in [-0.2, -0.15) is 0 Å². The number of nitrogens with two attached hydrogens (primary N) is 1. The number of fused-ring (bicyclic) bond motifs is 1. The normalized spacial score (nSPS) is 11.1. The molecule has 0 spiro atoms. The van der Waals surface area contributed by atoms with Crippen molar-refractivity contribution in [1.29, 1.82) is 0 Å². The van der Waals surface area contributed by atoms with Crippen molar-refractivity contribution in [1.82, 2.24) is 4.57 Å². The maximum absolute atomic E-state index is 12.3. The van der Waals surface area contributed by atoms with Gasteiger partial charge in [-0.25, -0.2) is 4.79 Å². The average molecular weight is 491 g/mol. The molecule has 148 valence electrons. The second-order valence-corrected chi connectivity index (χ2v) is 6.48. The number of carbonyl (C=O) groups excluding carboxylic acids is 1. The molecule has 0 atom stereocenters. The maximum atomic E-state index is 12.3. The Labute approximate surface area is 182 Å². The van der Waals surface area contributed by atoms with E-state index < -0.39 is 0 Å². The third kappa shape index (κ3) is 5.48. The first-order valence-electron chi connectivity index (χ1n) is 9.10. The van der Waals surface area contributed by atoms with Crippen LogP contribution in [0, 0.1) is 0 Å². The molecule has 7 heteroatoms. The van der Waals surface area contributed by atoms with Crippen LogP contribution in [0.1, 0.15) is 25.3 Å². The van der Waals surface area contributed by atoms with Crippen molar-refractivity contribution < 1.29 is 4.79 Å². The topological polar surface area (TPSA) is 84.4 Å². The van der Waals surface area contributed by atoms with Crippen LogP contribution in [0.15, 0.2) is 59.7 Å². The van der Waals surface area contributed by atoms with Crippen molar-refractivity contribution >= 4 is 58.1 Å². The molecule has 0 unspecified atom stereocenters. The summed E-state index contributed by atoms with van der Waals surface area (Å²) < 4.78 is 2.04. The number of halogens is 1. The third-order valence-electron chi connectivity index (χ3n) is 4.35. The summed E-state index contributed by atoms with van der Waals surface area (Å²) in [5.74, 6) is 0.488. The van der Waals surface area contributed by atoms with Gasteiger partial charge in [-0.3, -0.25) is 4.99 Å². The first-order valence-corrected chi connectivity index (χ1v) is 9.10. The summed E-state index contributed by atoms with van der Waals surface area (Å²) in [5, 5.41) is 6.78. The molecule has 0 aliphatic rings. The van der Waals surface area contributed by atoms with Gasteiger partial charge in [-0.15, -0.1) is 24.0 Å². The first-order chi connectivity index (χ1) is 13.1. The molecule has 1 heterocycles. The monoisotopic (exact) mass is 491 g/mol. The van der Waals surface area contributed by atoms with Crippen LogP contribution in [-0.2, 0) is 7.05 Å². The minimum Gasteiger partial charge on any atom is -0.384 e. The van der Waals surface area contributed by atoms with Gasteiger partial charge in [0, 0.05) is 47.6 Å². The number of amides is 2. The van der Waals surface area contributed by atoms with E-state index in [4.69, 9.17) is 5.73 Å². The number of rotatable bonds is 6. The van der Waals surface area contributed by atoms with Gasteiger partial charge in [0.05, 0.1) is 0 Å². The lowest BCUT2D eigenvalue weighted by Crippen LogP contribution is -2.20. The van der Waals surface area contributed by atoms with Gasteiger partial charge in [0.1, 0.15) is 5.84 Å². The van der Waals surface area contributed by atoms with Crippen molar-refractivity contribution in [3.8, 4) is 0 Å². The summed E-state index contributed by atoms with van der Waals surface area (Å²) in [6, 6.07) is 14.9. The molecule has 4 N–H and O–H groups in total. The quantitative estimate of drug-likeness (QED) is 0.197. The summed E-state index contributed by atoms with van der Waals surface area (Å²) >= 11 is 0. The fourth-order valence-electron chi connectivity index (χ4n) is 2.86. The maximum Gasteiger partial charge on any atom is 0.323 e. The molecule has 3 rings (SSSR count). The zero-order chi connectivity index (χ0) is 19.2. The Morgan fingerprint density at radius 3 is 2.61 bits per heavy atom. The van der Waals surface area contributed by atoms with Gasteiger partial charge in [-0.05, 0) is 42.8 Å². The highest BCUT2D eigenvalue weighted by atomic mass is 127. The minimum atomic E-state index is -0.302. The zero-order valence-electron chi connectivity index (χ0n) is 16.1. The van der Waals surface area contributed by atoms with E-state index in [2.05, 4.69) is 22.5 Å². The summed E-state index contributed by atoms with van der Waals surface area (Å²) in [7, 11) is 1.99. The highest BCUT2D eigenvalue weighted by Crippen LogP contribution is 2.20. The number of amidine groups is 1. The van der Waals surface area contributed by atoms with E-state index in [9.17, 15) is 4.79 Å². The number of anilines is 2. The predicted octanol–water partition coefficient (Wildman–Crippen LogP) is 4.95. The number of aliphatic imine (C=N–C) groups is 1. The minimum absolute atomic E-state index is 0. The number of hydrogen-bond acceptors (Lipinski definition) is 2. The Bertz CT molecular complexity index is 980. The summed E-state index contributed by atoms with van der Waals surface area (Å²) in [6.45, 7) is 2.83. The molecule has 0 saturated heterocycles. The molecule has 2 amide bonds. The molecule has 2 aromatic carbocycles. The number of aromatic nitrogens is 1. The number of unbranched alkanes of at least 4 members (excludes halogenated alkanes) is 1. The Kier molecular flexibility index (Phi) is 7.86.